The van der Waals surface area contributed by atoms with Crippen LogP contribution in [0.15, 0.2) is 47.4 Å². The van der Waals surface area contributed by atoms with Crippen molar-refractivity contribution in [3.8, 4) is 0 Å². The molecule has 2 rings (SSSR count). The second-order valence-corrected chi connectivity index (χ2v) is 6.79. The molecule has 0 unspecified atom stereocenters. The van der Waals surface area contributed by atoms with E-state index in [-0.39, 0.29) is 5.91 Å². The molecule has 116 valence electrons. The van der Waals surface area contributed by atoms with E-state index >= 15 is 0 Å². The van der Waals surface area contributed by atoms with Gasteiger partial charge in [-0.2, -0.15) is 0 Å². The number of rotatable bonds is 6. The Hall–Kier alpha value is -1.74. The smallest absolute Gasteiger partial charge is 0.224 e. The number of nitrogens with one attached hydrogen (secondary N) is 1. The summed E-state index contributed by atoms with van der Waals surface area (Å²) in [5.41, 5.74) is 4.76. The number of hydrogen-bond donors (Lipinski definition) is 1. The van der Waals surface area contributed by atoms with Crippen molar-refractivity contribution in [2.45, 2.75) is 32.1 Å². The maximum atomic E-state index is 12.0. The van der Waals surface area contributed by atoms with Gasteiger partial charge in [-0.05, 0) is 44.0 Å². The van der Waals surface area contributed by atoms with Crippen LogP contribution in [-0.4, -0.2) is 18.2 Å². The second kappa shape index (κ2) is 8.04. The second-order valence-electron chi connectivity index (χ2n) is 5.62. The van der Waals surface area contributed by atoms with Crippen molar-refractivity contribution in [2.24, 2.45) is 0 Å². The summed E-state index contributed by atoms with van der Waals surface area (Å²) in [4.78, 5) is 13.3. The minimum Gasteiger partial charge on any atom is -0.355 e. The molecular weight excluding hydrogens is 290 g/mol. The van der Waals surface area contributed by atoms with Crippen molar-refractivity contribution in [1.29, 1.82) is 0 Å². The molecule has 1 N–H and O–H groups in total. The Balaban J connectivity index is 1.74. The van der Waals surface area contributed by atoms with Gasteiger partial charge in [0.25, 0.3) is 0 Å². The van der Waals surface area contributed by atoms with Crippen molar-refractivity contribution in [1.82, 2.24) is 5.32 Å². The van der Waals surface area contributed by atoms with Crippen LogP contribution >= 0.6 is 11.8 Å². The lowest BCUT2D eigenvalue weighted by Gasteiger charge is -2.08. The zero-order valence-electron chi connectivity index (χ0n) is 13.5. The number of amides is 1. The number of carbonyl (C=O) groups is 1. The highest BCUT2D eigenvalue weighted by Crippen LogP contribution is 2.17. The van der Waals surface area contributed by atoms with Gasteiger partial charge in [0.2, 0.25) is 5.91 Å². The molecule has 2 nitrogen and oxygen atoms in total. The zero-order valence-corrected chi connectivity index (χ0v) is 14.3. The number of hydrogen-bond acceptors (Lipinski definition) is 2. The summed E-state index contributed by atoms with van der Waals surface area (Å²) in [7, 11) is 0. The van der Waals surface area contributed by atoms with E-state index in [2.05, 4.69) is 68.6 Å². The summed E-state index contributed by atoms with van der Waals surface area (Å²) in [6.45, 7) is 6.89. The maximum Gasteiger partial charge on any atom is 0.224 e. The highest BCUT2D eigenvalue weighted by molar-refractivity contribution is 7.99. The van der Waals surface area contributed by atoms with Crippen LogP contribution in [0.2, 0.25) is 0 Å². The predicted octanol–water partition coefficient (Wildman–Crippen LogP) is 4.06. The molecular formula is C19H23NOS. The van der Waals surface area contributed by atoms with Crippen LogP contribution < -0.4 is 5.32 Å². The van der Waals surface area contributed by atoms with Crippen molar-refractivity contribution < 1.29 is 4.79 Å². The minimum atomic E-state index is 0.0956. The number of thioether (sulfide) groups is 1. The van der Waals surface area contributed by atoms with Crippen molar-refractivity contribution in [2.75, 3.05) is 12.3 Å². The van der Waals surface area contributed by atoms with Gasteiger partial charge in [-0.25, -0.2) is 0 Å². The van der Waals surface area contributed by atoms with Crippen LogP contribution in [0, 0.1) is 20.8 Å². The Morgan fingerprint density at radius 1 is 1.00 bits per heavy atom. The fraction of sp³-hybridized carbons (Fsp3) is 0.316. The summed E-state index contributed by atoms with van der Waals surface area (Å²) < 4.78 is 0. The van der Waals surface area contributed by atoms with E-state index in [1.54, 1.807) is 11.8 Å². The fourth-order valence-corrected chi connectivity index (χ4v) is 2.99. The summed E-state index contributed by atoms with van der Waals surface area (Å²) in [5.74, 6) is 0.986. The Labute approximate surface area is 137 Å². The lowest BCUT2D eigenvalue weighted by atomic mass is 10.0. The first kappa shape index (κ1) is 16.6. The number of carbonyl (C=O) groups excluding carboxylic acids is 1. The third kappa shape index (κ3) is 5.23. The first-order chi connectivity index (χ1) is 10.5. The van der Waals surface area contributed by atoms with Gasteiger partial charge in [0, 0.05) is 17.2 Å². The van der Waals surface area contributed by atoms with Crippen LogP contribution in [0.1, 0.15) is 22.3 Å². The molecule has 0 aliphatic rings. The van der Waals surface area contributed by atoms with Gasteiger partial charge >= 0.3 is 0 Å². The molecule has 0 fully saturated rings. The standard InChI is InChI=1S/C19H23NOS/c1-14-5-8-18(9-6-14)22-11-10-20-19(21)13-17-12-15(2)4-7-16(17)3/h4-9,12H,10-11,13H2,1-3H3,(H,20,21). The first-order valence-corrected chi connectivity index (χ1v) is 8.55. The SMILES string of the molecule is Cc1ccc(SCCNC(=O)Cc2cc(C)ccc2C)cc1. The van der Waals surface area contributed by atoms with E-state index in [1.165, 1.54) is 21.6 Å². The summed E-state index contributed by atoms with van der Waals surface area (Å²) in [6, 6.07) is 14.7. The summed E-state index contributed by atoms with van der Waals surface area (Å²) >= 11 is 1.77. The minimum absolute atomic E-state index is 0.0956. The molecule has 0 atom stereocenters. The van der Waals surface area contributed by atoms with Gasteiger partial charge in [-0.1, -0.05) is 41.5 Å². The third-order valence-electron chi connectivity index (χ3n) is 3.57. The van der Waals surface area contributed by atoms with Gasteiger partial charge in [0.1, 0.15) is 0 Å². The average molecular weight is 313 g/mol. The van der Waals surface area contributed by atoms with E-state index in [4.69, 9.17) is 0 Å². The van der Waals surface area contributed by atoms with E-state index in [1.807, 2.05) is 0 Å². The number of benzene rings is 2. The Kier molecular flexibility index (Phi) is 6.08. The molecule has 2 aromatic carbocycles. The average Bonchev–Trinajstić information content (AvgIpc) is 2.49. The molecule has 3 heteroatoms. The van der Waals surface area contributed by atoms with E-state index < -0.39 is 0 Å². The quantitative estimate of drug-likeness (QED) is 0.643. The summed E-state index contributed by atoms with van der Waals surface area (Å²) in [6.07, 6.45) is 0.461. The van der Waals surface area contributed by atoms with Crippen molar-refractivity contribution >= 4 is 17.7 Å². The van der Waals surface area contributed by atoms with E-state index in [0.717, 1.165) is 11.3 Å². The molecule has 0 heterocycles. The predicted molar refractivity (Wildman–Crippen MR) is 94.5 cm³/mol. The Bertz CT molecular complexity index is 634. The Morgan fingerprint density at radius 3 is 2.41 bits per heavy atom. The molecule has 0 radical (unpaired) electrons. The van der Waals surface area contributed by atoms with E-state index in [9.17, 15) is 4.79 Å². The third-order valence-corrected chi connectivity index (χ3v) is 4.58. The van der Waals surface area contributed by atoms with Crippen LogP contribution in [0.5, 0.6) is 0 Å². The van der Waals surface area contributed by atoms with Gasteiger partial charge < -0.3 is 5.32 Å². The van der Waals surface area contributed by atoms with Gasteiger partial charge in [-0.15, -0.1) is 11.8 Å². The molecule has 0 bridgehead atoms. The maximum absolute atomic E-state index is 12.0. The largest absolute Gasteiger partial charge is 0.355 e. The normalized spacial score (nSPS) is 10.5. The van der Waals surface area contributed by atoms with Gasteiger partial charge in [-0.3, -0.25) is 4.79 Å². The highest BCUT2D eigenvalue weighted by Gasteiger charge is 2.06. The molecule has 0 aromatic heterocycles. The van der Waals surface area contributed by atoms with Crippen molar-refractivity contribution in [3.63, 3.8) is 0 Å². The van der Waals surface area contributed by atoms with Crippen LogP contribution in [-0.2, 0) is 11.2 Å². The first-order valence-electron chi connectivity index (χ1n) is 7.57. The van der Waals surface area contributed by atoms with Gasteiger partial charge in [0.05, 0.1) is 6.42 Å². The van der Waals surface area contributed by atoms with Crippen LogP contribution in [0.4, 0.5) is 0 Å². The molecule has 1 amide bonds. The summed E-state index contributed by atoms with van der Waals surface area (Å²) in [5, 5.41) is 3.00. The monoisotopic (exact) mass is 313 g/mol. The molecule has 0 saturated heterocycles. The van der Waals surface area contributed by atoms with Crippen LogP contribution in [0.3, 0.4) is 0 Å². The van der Waals surface area contributed by atoms with Crippen LogP contribution in [0.25, 0.3) is 0 Å². The molecule has 2 aromatic rings. The molecule has 0 saturated carbocycles. The Morgan fingerprint density at radius 2 is 1.68 bits per heavy atom. The molecule has 0 aliphatic heterocycles. The molecule has 0 aliphatic carbocycles. The number of aryl methyl sites for hydroxylation is 3. The van der Waals surface area contributed by atoms with E-state index in [0.29, 0.717) is 13.0 Å². The topological polar surface area (TPSA) is 29.1 Å². The molecule has 22 heavy (non-hydrogen) atoms. The van der Waals surface area contributed by atoms with Crippen molar-refractivity contribution in [3.05, 3.63) is 64.7 Å². The molecule has 0 spiro atoms. The van der Waals surface area contributed by atoms with Gasteiger partial charge in [0.15, 0.2) is 0 Å². The highest BCUT2D eigenvalue weighted by atomic mass is 32.2. The lowest BCUT2D eigenvalue weighted by molar-refractivity contribution is -0.120. The zero-order chi connectivity index (χ0) is 15.9. The fourth-order valence-electron chi connectivity index (χ4n) is 2.22. The lowest BCUT2D eigenvalue weighted by Crippen LogP contribution is -2.27.